The summed E-state index contributed by atoms with van der Waals surface area (Å²) in [5, 5.41) is 34.3. The lowest BCUT2D eigenvalue weighted by Gasteiger charge is -2.42. The molecular formula is C54H85NO14. The summed E-state index contributed by atoms with van der Waals surface area (Å²) in [6, 6.07) is -1.15. The fourth-order valence-electron chi connectivity index (χ4n) is 10.4. The zero-order valence-corrected chi connectivity index (χ0v) is 43.1. The maximum Gasteiger partial charge on any atom is 0.329 e. The van der Waals surface area contributed by atoms with Gasteiger partial charge in [0.1, 0.15) is 30.1 Å². The minimum atomic E-state index is -2.44. The van der Waals surface area contributed by atoms with Gasteiger partial charge in [0.2, 0.25) is 5.79 Å². The molecule has 4 rings (SSSR count). The van der Waals surface area contributed by atoms with Crippen LogP contribution in [0.5, 0.6) is 0 Å². The molecular weight excluding hydrogens is 887 g/mol. The van der Waals surface area contributed by atoms with E-state index in [1.54, 1.807) is 34.0 Å². The number of allylic oxidation sites excluding steroid dienone is 6. The van der Waals surface area contributed by atoms with Crippen LogP contribution in [0.1, 0.15) is 132 Å². The number of piperidine rings is 1. The highest BCUT2D eigenvalue weighted by Crippen LogP contribution is 2.38. The summed E-state index contributed by atoms with van der Waals surface area (Å²) in [6.45, 7) is 15.9. The molecule has 1 saturated carbocycles. The molecule has 3 heterocycles. The summed E-state index contributed by atoms with van der Waals surface area (Å²) >= 11 is 0. The van der Waals surface area contributed by atoms with Crippen LogP contribution < -0.4 is 0 Å². The number of ether oxygens (including phenoxy) is 6. The second kappa shape index (κ2) is 28.0. The number of Topliss-reactive ketones (excluding diaryl/α,β-unsaturated/α-hetero) is 3. The first-order valence-electron chi connectivity index (χ1n) is 25.6. The lowest BCUT2D eigenvalue weighted by atomic mass is 9.78. The highest BCUT2D eigenvalue weighted by atomic mass is 16.6. The van der Waals surface area contributed by atoms with E-state index in [9.17, 15) is 39.3 Å². The van der Waals surface area contributed by atoms with Gasteiger partial charge in [0.05, 0.1) is 37.6 Å². The molecule has 1 amide bonds. The molecule has 15 nitrogen and oxygen atoms in total. The van der Waals surface area contributed by atoms with Gasteiger partial charge in [-0.15, -0.1) is 0 Å². The van der Waals surface area contributed by atoms with E-state index in [2.05, 4.69) is 0 Å². The standard InChI is InChI=1S/C54H85NO14/c1-11-66-25-26-67-47-30-40(21-23-43(47)56)29-36(5)46-32-44(57)35(4)28-38(7)49(59)50(65-10)48(58)37(6)27-33(2)17-13-12-14-18-34(3)45(64-9)31-41-22-20-39(8)54(63,69-41)51(60)52(61)55-24-16-15-19-42(55)53(62)68-46/h12-14,17-18,28,33,35-37,39-43,45-47,49-50,56,59,63H,11,15-16,19-27,29-32H2,1-10H3/b14-12+,17-13+,34-18+,38-28+/t33-,35-,36-,37-,39-,40+,41+,42+,43-,45+,46+,47-,49-,50+,54-/m1/s1. The molecule has 3 N–H and O–H groups in total. The molecule has 0 radical (unpaired) electrons. The largest absolute Gasteiger partial charge is 0.460 e. The first kappa shape index (κ1) is 58.2. The molecule has 2 bridgehead atoms. The molecule has 0 unspecified atom stereocenters. The normalized spacial score (nSPS) is 38.8. The van der Waals surface area contributed by atoms with E-state index < -0.39 is 90.0 Å². The predicted octanol–water partition coefficient (Wildman–Crippen LogP) is 6.59. The fraction of sp³-hybridized carbons (Fsp3) is 0.759. The predicted molar refractivity (Wildman–Crippen MR) is 261 cm³/mol. The number of carbonyl (C=O) groups excluding carboxylic acids is 5. The van der Waals surface area contributed by atoms with Crippen molar-refractivity contribution in [1.29, 1.82) is 0 Å². The molecule has 1 aliphatic carbocycles. The molecule has 0 spiro atoms. The molecule has 0 aromatic heterocycles. The molecule has 15 atom stereocenters. The fourth-order valence-corrected chi connectivity index (χ4v) is 10.4. The highest BCUT2D eigenvalue weighted by molar-refractivity contribution is 6.39. The van der Waals surface area contributed by atoms with Gasteiger partial charge in [-0.2, -0.15) is 0 Å². The minimum absolute atomic E-state index is 0.0138. The Hall–Kier alpha value is -3.41. The molecule has 3 aliphatic heterocycles. The van der Waals surface area contributed by atoms with E-state index in [0.717, 1.165) is 5.57 Å². The number of aliphatic hydroxyl groups excluding tert-OH is 2. The number of hydrogen-bond acceptors (Lipinski definition) is 14. The van der Waals surface area contributed by atoms with Crippen LogP contribution in [0.15, 0.2) is 47.6 Å². The number of aliphatic hydroxyl groups is 3. The number of amides is 1. The molecule has 2 saturated heterocycles. The number of carbonyl (C=O) groups is 5. The first-order valence-corrected chi connectivity index (χ1v) is 25.6. The Morgan fingerprint density at radius 3 is 2.30 bits per heavy atom. The van der Waals surface area contributed by atoms with Crippen molar-refractivity contribution in [2.24, 2.45) is 35.5 Å². The average molecular weight is 972 g/mol. The van der Waals surface area contributed by atoms with E-state index >= 15 is 0 Å². The van der Waals surface area contributed by atoms with E-state index in [1.165, 1.54) is 12.0 Å². The maximum atomic E-state index is 14.5. The van der Waals surface area contributed by atoms with Gasteiger partial charge in [0.15, 0.2) is 5.78 Å². The average Bonchev–Trinajstić information content (AvgIpc) is 3.32. The molecule has 0 aromatic carbocycles. The van der Waals surface area contributed by atoms with Crippen LogP contribution in [0.4, 0.5) is 0 Å². The van der Waals surface area contributed by atoms with Crippen LogP contribution in [0.3, 0.4) is 0 Å². The summed E-state index contributed by atoms with van der Waals surface area (Å²) in [5.74, 6) is -8.09. The highest BCUT2D eigenvalue weighted by Gasteiger charge is 2.53. The number of rotatable bonds is 10. The Kier molecular flexibility index (Phi) is 23.6. The number of cyclic esters (lactones) is 1. The Morgan fingerprint density at radius 2 is 1.61 bits per heavy atom. The van der Waals surface area contributed by atoms with Crippen LogP contribution >= 0.6 is 0 Å². The van der Waals surface area contributed by atoms with Crippen molar-refractivity contribution in [3.05, 3.63) is 47.6 Å². The minimum Gasteiger partial charge on any atom is -0.460 e. The Morgan fingerprint density at radius 1 is 0.870 bits per heavy atom. The Labute approximate surface area is 411 Å². The summed E-state index contributed by atoms with van der Waals surface area (Å²) in [7, 11) is 2.95. The molecule has 4 aliphatic rings. The van der Waals surface area contributed by atoms with Crippen molar-refractivity contribution in [2.45, 2.75) is 187 Å². The van der Waals surface area contributed by atoms with Crippen LogP contribution in [-0.4, -0.2) is 145 Å². The van der Waals surface area contributed by atoms with Gasteiger partial charge >= 0.3 is 5.97 Å². The second-order valence-corrected chi connectivity index (χ2v) is 20.4. The van der Waals surface area contributed by atoms with Crippen molar-refractivity contribution in [1.82, 2.24) is 4.90 Å². The number of ketones is 3. The molecule has 390 valence electrons. The molecule has 0 aromatic rings. The summed E-state index contributed by atoms with van der Waals surface area (Å²) in [6.07, 6.45) is 10.9. The lowest BCUT2D eigenvalue weighted by Crippen LogP contribution is -2.61. The van der Waals surface area contributed by atoms with Crippen molar-refractivity contribution < 1.29 is 67.7 Å². The van der Waals surface area contributed by atoms with Gasteiger partial charge in [-0.3, -0.25) is 19.2 Å². The number of methoxy groups -OCH3 is 2. The summed E-state index contributed by atoms with van der Waals surface area (Å²) in [5.41, 5.74) is 1.26. The van der Waals surface area contributed by atoms with Crippen molar-refractivity contribution >= 4 is 29.2 Å². The number of nitrogens with zero attached hydrogens (tertiary/aromatic N) is 1. The van der Waals surface area contributed by atoms with Crippen molar-refractivity contribution in [3.8, 4) is 0 Å². The van der Waals surface area contributed by atoms with Gasteiger partial charge in [-0.05, 0) is 114 Å². The van der Waals surface area contributed by atoms with Crippen molar-refractivity contribution in [3.63, 3.8) is 0 Å². The number of fused-ring (bicyclic) bond motifs is 3. The van der Waals surface area contributed by atoms with Gasteiger partial charge in [-0.1, -0.05) is 71.1 Å². The second-order valence-electron chi connectivity index (χ2n) is 20.4. The summed E-state index contributed by atoms with van der Waals surface area (Å²) in [4.78, 5) is 72.2. The van der Waals surface area contributed by atoms with Crippen molar-refractivity contribution in [2.75, 3.05) is 40.6 Å². The van der Waals surface area contributed by atoms with E-state index in [-0.39, 0.29) is 48.7 Å². The van der Waals surface area contributed by atoms with E-state index in [1.807, 2.05) is 65.0 Å². The van der Waals surface area contributed by atoms with Gasteiger partial charge in [-0.25, -0.2) is 4.79 Å². The molecule has 3 fully saturated rings. The summed E-state index contributed by atoms with van der Waals surface area (Å²) < 4.78 is 35.4. The number of hydrogen-bond donors (Lipinski definition) is 3. The first-order chi connectivity index (χ1) is 32.7. The SMILES string of the molecule is CCOCCO[C@@H]1C[C@H](C[C@@H](C)[C@@H]2CC(=O)[C@H](C)/C=C(\C)[C@@H](O)[C@@H](OC)C(=O)[C@H](C)C[C@H](C)/C=C/C=C/C=C(\C)[C@@H](OC)C[C@@H]3CC[C@@H](C)[C@@](O)(O3)C(=O)C(=O)N3CCCC[C@H]3C(=O)O2)CC[C@H]1O. The van der Waals surface area contributed by atoms with E-state index in [0.29, 0.717) is 89.6 Å². The van der Waals surface area contributed by atoms with Crippen LogP contribution in [0.2, 0.25) is 0 Å². The third kappa shape index (κ3) is 16.3. The molecule has 69 heavy (non-hydrogen) atoms. The monoisotopic (exact) mass is 972 g/mol. The Balaban J connectivity index is 1.69. The van der Waals surface area contributed by atoms with Crippen LogP contribution in [-0.2, 0) is 52.4 Å². The maximum absolute atomic E-state index is 14.5. The van der Waals surface area contributed by atoms with Crippen LogP contribution in [0, 0.1) is 35.5 Å². The smallest absolute Gasteiger partial charge is 0.329 e. The molecule has 15 heteroatoms. The topological polar surface area (TPSA) is 205 Å². The number of esters is 1. The van der Waals surface area contributed by atoms with Gasteiger partial charge in [0, 0.05) is 58.0 Å². The zero-order chi connectivity index (χ0) is 51.0. The zero-order valence-electron chi connectivity index (χ0n) is 43.1. The Bertz CT molecular complexity index is 1830. The lowest BCUT2D eigenvalue weighted by molar-refractivity contribution is -0.265. The third-order valence-electron chi connectivity index (χ3n) is 14.9. The van der Waals surface area contributed by atoms with E-state index in [4.69, 9.17) is 28.4 Å². The quantitative estimate of drug-likeness (QED) is 0.0916. The van der Waals surface area contributed by atoms with Crippen LogP contribution in [0.25, 0.3) is 0 Å². The van der Waals surface area contributed by atoms with Gasteiger partial charge in [0.25, 0.3) is 11.7 Å². The van der Waals surface area contributed by atoms with Gasteiger partial charge < -0.3 is 48.6 Å². The third-order valence-corrected chi connectivity index (χ3v) is 14.9.